The topological polar surface area (TPSA) is 58.0 Å². The summed E-state index contributed by atoms with van der Waals surface area (Å²) in [5, 5.41) is 0. The SMILES string of the molecule is CN(Cc1ncccn1)C1CCN(c2ccnc(C3CC3)n2)C1. The minimum Gasteiger partial charge on any atom is -0.355 e. The van der Waals surface area contributed by atoms with E-state index in [0.29, 0.717) is 12.0 Å². The Morgan fingerprint density at radius 1 is 1.13 bits per heavy atom. The minimum absolute atomic E-state index is 0.512. The molecule has 1 atom stereocenters. The molecule has 1 saturated carbocycles. The highest BCUT2D eigenvalue weighted by molar-refractivity contribution is 5.40. The molecule has 2 fully saturated rings. The normalized spacial score (nSPS) is 21.1. The molecule has 1 saturated heterocycles. The zero-order valence-corrected chi connectivity index (χ0v) is 13.5. The van der Waals surface area contributed by atoms with Crippen molar-refractivity contribution >= 4 is 5.82 Å². The molecule has 0 spiro atoms. The molecule has 1 unspecified atom stereocenters. The molecule has 23 heavy (non-hydrogen) atoms. The Hall–Kier alpha value is -2.08. The minimum atomic E-state index is 0.512. The van der Waals surface area contributed by atoms with E-state index in [2.05, 4.69) is 31.8 Å². The number of hydrogen-bond donors (Lipinski definition) is 0. The van der Waals surface area contributed by atoms with Gasteiger partial charge in [0, 0.05) is 43.6 Å². The van der Waals surface area contributed by atoms with Gasteiger partial charge in [0.1, 0.15) is 17.5 Å². The maximum Gasteiger partial charge on any atom is 0.142 e. The lowest BCUT2D eigenvalue weighted by Crippen LogP contribution is -2.34. The van der Waals surface area contributed by atoms with Crippen LogP contribution in [0.25, 0.3) is 0 Å². The predicted octanol–water partition coefficient (Wildman–Crippen LogP) is 1.85. The molecular formula is C17H22N6. The van der Waals surface area contributed by atoms with Gasteiger partial charge in [-0.1, -0.05) is 0 Å². The van der Waals surface area contributed by atoms with Crippen molar-refractivity contribution in [3.63, 3.8) is 0 Å². The summed E-state index contributed by atoms with van der Waals surface area (Å²) in [4.78, 5) is 22.5. The summed E-state index contributed by atoms with van der Waals surface area (Å²) in [5.41, 5.74) is 0. The van der Waals surface area contributed by atoms with Crippen molar-refractivity contribution in [2.45, 2.75) is 37.8 Å². The summed E-state index contributed by atoms with van der Waals surface area (Å²) in [6.07, 6.45) is 9.14. The number of nitrogens with zero attached hydrogens (tertiary/aromatic N) is 6. The smallest absolute Gasteiger partial charge is 0.142 e. The number of rotatable bonds is 5. The van der Waals surface area contributed by atoms with Gasteiger partial charge in [0.05, 0.1) is 6.54 Å². The molecule has 0 amide bonds. The van der Waals surface area contributed by atoms with Crippen LogP contribution in [0.3, 0.4) is 0 Å². The largest absolute Gasteiger partial charge is 0.355 e. The van der Waals surface area contributed by atoms with Gasteiger partial charge < -0.3 is 4.90 Å². The van der Waals surface area contributed by atoms with E-state index in [1.165, 1.54) is 12.8 Å². The Morgan fingerprint density at radius 2 is 1.96 bits per heavy atom. The van der Waals surface area contributed by atoms with Gasteiger partial charge in [-0.3, -0.25) is 4.90 Å². The van der Waals surface area contributed by atoms with Crippen LogP contribution in [0, 0.1) is 0 Å². The maximum absolute atomic E-state index is 4.77. The van der Waals surface area contributed by atoms with E-state index in [1.807, 2.05) is 18.3 Å². The molecule has 2 aliphatic rings. The van der Waals surface area contributed by atoms with Crippen molar-refractivity contribution in [2.75, 3.05) is 25.0 Å². The second kappa shape index (κ2) is 6.20. The monoisotopic (exact) mass is 310 g/mol. The van der Waals surface area contributed by atoms with Gasteiger partial charge in [0.25, 0.3) is 0 Å². The number of anilines is 1. The zero-order chi connectivity index (χ0) is 15.6. The predicted molar refractivity (Wildman–Crippen MR) is 88.1 cm³/mol. The van der Waals surface area contributed by atoms with E-state index in [4.69, 9.17) is 4.98 Å². The highest BCUT2D eigenvalue weighted by Gasteiger charge is 2.30. The van der Waals surface area contributed by atoms with E-state index >= 15 is 0 Å². The van der Waals surface area contributed by atoms with E-state index in [1.54, 1.807) is 12.4 Å². The van der Waals surface area contributed by atoms with Gasteiger partial charge in [-0.15, -0.1) is 0 Å². The summed E-state index contributed by atoms with van der Waals surface area (Å²) in [6, 6.07) is 4.40. The second-order valence-electron chi connectivity index (χ2n) is 6.52. The molecule has 0 radical (unpaired) electrons. The van der Waals surface area contributed by atoms with Gasteiger partial charge in [0.15, 0.2) is 0 Å². The second-order valence-corrected chi connectivity index (χ2v) is 6.52. The first-order valence-corrected chi connectivity index (χ1v) is 8.33. The Kier molecular flexibility index (Phi) is 3.91. The number of aromatic nitrogens is 4. The van der Waals surface area contributed by atoms with Gasteiger partial charge in [-0.2, -0.15) is 0 Å². The number of likely N-dealkylation sites (N-methyl/N-ethyl adjacent to an activating group) is 1. The summed E-state index contributed by atoms with van der Waals surface area (Å²) < 4.78 is 0. The molecule has 2 aromatic rings. The molecule has 0 aromatic carbocycles. The van der Waals surface area contributed by atoms with Crippen molar-refractivity contribution in [1.29, 1.82) is 0 Å². The molecule has 2 aromatic heterocycles. The molecule has 6 nitrogen and oxygen atoms in total. The first kappa shape index (κ1) is 14.5. The van der Waals surface area contributed by atoms with Crippen LogP contribution < -0.4 is 4.90 Å². The summed E-state index contributed by atoms with van der Waals surface area (Å²) in [7, 11) is 2.15. The average Bonchev–Trinajstić information content (AvgIpc) is 3.32. The molecule has 1 aliphatic heterocycles. The quantitative estimate of drug-likeness (QED) is 0.840. The Labute approximate surface area is 136 Å². The molecule has 4 rings (SSSR count). The molecule has 120 valence electrons. The van der Waals surface area contributed by atoms with Crippen LogP contribution in [0.5, 0.6) is 0 Å². The van der Waals surface area contributed by atoms with Gasteiger partial charge >= 0.3 is 0 Å². The zero-order valence-electron chi connectivity index (χ0n) is 13.5. The summed E-state index contributed by atoms with van der Waals surface area (Å²) in [6.45, 7) is 2.84. The van der Waals surface area contributed by atoms with Crippen LogP contribution in [0.1, 0.15) is 36.8 Å². The lowest BCUT2D eigenvalue weighted by atomic mass is 10.2. The highest BCUT2D eigenvalue weighted by atomic mass is 15.3. The summed E-state index contributed by atoms with van der Waals surface area (Å²) in [5.74, 6) is 3.59. The van der Waals surface area contributed by atoms with Crippen LogP contribution in [-0.2, 0) is 6.54 Å². The lowest BCUT2D eigenvalue weighted by Gasteiger charge is -2.24. The third-order valence-electron chi connectivity index (χ3n) is 4.72. The highest BCUT2D eigenvalue weighted by Crippen LogP contribution is 2.38. The fourth-order valence-corrected chi connectivity index (χ4v) is 3.15. The van der Waals surface area contributed by atoms with Crippen molar-refractivity contribution in [1.82, 2.24) is 24.8 Å². The van der Waals surface area contributed by atoms with E-state index < -0.39 is 0 Å². The molecule has 3 heterocycles. The molecule has 0 N–H and O–H groups in total. The summed E-state index contributed by atoms with van der Waals surface area (Å²) >= 11 is 0. The lowest BCUT2D eigenvalue weighted by molar-refractivity contribution is 0.244. The molecule has 6 heteroatoms. The van der Waals surface area contributed by atoms with Crippen LogP contribution in [-0.4, -0.2) is 51.0 Å². The van der Waals surface area contributed by atoms with Crippen LogP contribution in [0.4, 0.5) is 5.82 Å². The fraction of sp³-hybridized carbons (Fsp3) is 0.529. The van der Waals surface area contributed by atoms with Gasteiger partial charge in [0.2, 0.25) is 0 Å². The van der Waals surface area contributed by atoms with Gasteiger partial charge in [-0.25, -0.2) is 19.9 Å². The third kappa shape index (κ3) is 3.32. The van der Waals surface area contributed by atoms with Crippen molar-refractivity contribution < 1.29 is 0 Å². The van der Waals surface area contributed by atoms with E-state index in [9.17, 15) is 0 Å². The van der Waals surface area contributed by atoms with Crippen LogP contribution in [0.2, 0.25) is 0 Å². The van der Waals surface area contributed by atoms with Crippen molar-refractivity contribution in [3.05, 3.63) is 42.4 Å². The van der Waals surface area contributed by atoms with Crippen molar-refractivity contribution in [3.8, 4) is 0 Å². The van der Waals surface area contributed by atoms with Crippen molar-refractivity contribution in [2.24, 2.45) is 0 Å². The van der Waals surface area contributed by atoms with E-state index in [0.717, 1.165) is 43.5 Å². The Bertz CT molecular complexity index is 657. The molecule has 0 bridgehead atoms. The average molecular weight is 310 g/mol. The molecular weight excluding hydrogens is 288 g/mol. The van der Waals surface area contributed by atoms with Crippen LogP contribution >= 0.6 is 0 Å². The maximum atomic E-state index is 4.77. The third-order valence-corrected chi connectivity index (χ3v) is 4.72. The Balaban J connectivity index is 1.39. The first-order valence-electron chi connectivity index (χ1n) is 8.33. The fourth-order valence-electron chi connectivity index (χ4n) is 3.15. The number of hydrogen-bond acceptors (Lipinski definition) is 6. The Morgan fingerprint density at radius 3 is 2.74 bits per heavy atom. The molecule has 1 aliphatic carbocycles. The van der Waals surface area contributed by atoms with Crippen LogP contribution in [0.15, 0.2) is 30.7 Å². The standard InChI is InChI=1S/C17H22N6/c1-22(12-15-18-7-2-8-19-15)14-6-10-23(11-14)16-5-9-20-17(21-16)13-3-4-13/h2,5,7-9,13-14H,3-4,6,10-12H2,1H3. The van der Waals surface area contributed by atoms with E-state index in [-0.39, 0.29) is 0 Å². The van der Waals surface area contributed by atoms with Gasteiger partial charge in [-0.05, 0) is 38.4 Å². The first-order chi connectivity index (χ1) is 11.3.